The molecule has 0 bridgehead atoms. The maximum absolute atomic E-state index is 12.9. The largest absolute Gasteiger partial charge is 0.387 e. The Morgan fingerprint density at radius 2 is 2.42 bits per heavy atom. The van der Waals surface area contributed by atoms with Crippen LogP contribution in [0, 0.1) is 0 Å². The van der Waals surface area contributed by atoms with E-state index in [4.69, 9.17) is 9.84 Å². The van der Waals surface area contributed by atoms with Crippen molar-refractivity contribution in [2.75, 3.05) is 26.8 Å². The maximum Gasteiger partial charge on any atom is 0.248 e. The van der Waals surface area contributed by atoms with E-state index in [1.54, 1.807) is 0 Å². The van der Waals surface area contributed by atoms with Gasteiger partial charge in [-0.1, -0.05) is 0 Å². The number of carbonyl (C=O) groups is 1. The fraction of sp³-hybridized carbons (Fsp3) is 0.857. The number of carbonyl (C=O) groups excluding carboxylic acids is 1. The SMILES string of the molecule is CO[C@H]1CN(C(=O)CO)C[C@H]1F. The number of rotatable bonds is 2. The predicted octanol–water partition coefficient (Wildman–Crippen LogP) is -0.826. The summed E-state index contributed by atoms with van der Waals surface area (Å²) in [6.45, 7) is -0.307. The topological polar surface area (TPSA) is 49.8 Å². The third-order valence-corrected chi connectivity index (χ3v) is 1.99. The van der Waals surface area contributed by atoms with Gasteiger partial charge in [-0.05, 0) is 0 Å². The van der Waals surface area contributed by atoms with Crippen LogP contribution in [0.5, 0.6) is 0 Å². The predicted molar refractivity (Wildman–Crippen MR) is 39.4 cm³/mol. The molecule has 1 saturated heterocycles. The van der Waals surface area contributed by atoms with Gasteiger partial charge >= 0.3 is 0 Å². The Morgan fingerprint density at radius 1 is 1.75 bits per heavy atom. The lowest BCUT2D eigenvalue weighted by atomic mass is 10.3. The van der Waals surface area contributed by atoms with Gasteiger partial charge in [-0.25, -0.2) is 4.39 Å². The number of methoxy groups -OCH3 is 1. The van der Waals surface area contributed by atoms with Crippen LogP contribution in [0.25, 0.3) is 0 Å². The fourth-order valence-electron chi connectivity index (χ4n) is 1.26. The van der Waals surface area contributed by atoms with E-state index >= 15 is 0 Å². The van der Waals surface area contributed by atoms with Crippen molar-refractivity contribution in [1.29, 1.82) is 0 Å². The molecule has 1 rings (SSSR count). The average molecular weight is 177 g/mol. The van der Waals surface area contributed by atoms with Gasteiger partial charge in [-0.3, -0.25) is 4.79 Å². The Labute approximate surface area is 69.9 Å². The van der Waals surface area contributed by atoms with Crippen LogP contribution in [0.2, 0.25) is 0 Å². The van der Waals surface area contributed by atoms with E-state index < -0.39 is 24.8 Å². The van der Waals surface area contributed by atoms with Crippen LogP contribution in [-0.4, -0.2) is 55.0 Å². The first kappa shape index (κ1) is 9.41. The third kappa shape index (κ3) is 1.73. The Kier molecular flexibility index (Phi) is 2.99. The molecule has 0 saturated carbocycles. The van der Waals surface area contributed by atoms with Crippen LogP contribution < -0.4 is 0 Å². The van der Waals surface area contributed by atoms with Crippen LogP contribution in [-0.2, 0) is 9.53 Å². The molecule has 0 aromatic heterocycles. The summed E-state index contributed by atoms with van der Waals surface area (Å²) < 4.78 is 17.7. The van der Waals surface area contributed by atoms with Crippen molar-refractivity contribution in [3.8, 4) is 0 Å². The Morgan fingerprint density at radius 3 is 2.83 bits per heavy atom. The lowest BCUT2D eigenvalue weighted by molar-refractivity contribution is -0.133. The monoisotopic (exact) mass is 177 g/mol. The van der Waals surface area contributed by atoms with Gasteiger partial charge in [-0.15, -0.1) is 0 Å². The normalized spacial score (nSPS) is 29.4. The molecule has 1 heterocycles. The van der Waals surface area contributed by atoms with Crippen molar-refractivity contribution in [3.05, 3.63) is 0 Å². The summed E-state index contributed by atoms with van der Waals surface area (Å²) in [4.78, 5) is 12.1. The van der Waals surface area contributed by atoms with Gasteiger partial charge in [0.05, 0.1) is 6.54 Å². The Balaban J connectivity index is 2.48. The maximum atomic E-state index is 12.9. The smallest absolute Gasteiger partial charge is 0.248 e. The van der Waals surface area contributed by atoms with Crippen LogP contribution in [0.3, 0.4) is 0 Å². The van der Waals surface area contributed by atoms with Crippen molar-refractivity contribution < 1.29 is 19.0 Å². The van der Waals surface area contributed by atoms with E-state index in [1.807, 2.05) is 0 Å². The first-order chi connectivity index (χ1) is 5.69. The molecule has 2 atom stereocenters. The second-order valence-electron chi connectivity index (χ2n) is 2.75. The minimum Gasteiger partial charge on any atom is -0.387 e. The molecule has 1 aliphatic rings. The molecular weight excluding hydrogens is 165 g/mol. The Hall–Kier alpha value is -0.680. The van der Waals surface area contributed by atoms with Gasteiger partial charge in [0, 0.05) is 13.7 Å². The van der Waals surface area contributed by atoms with Crippen molar-refractivity contribution in [2.45, 2.75) is 12.3 Å². The minimum atomic E-state index is -1.13. The number of amides is 1. The van der Waals surface area contributed by atoms with Gasteiger partial charge in [0.2, 0.25) is 5.91 Å². The third-order valence-electron chi connectivity index (χ3n) is 1.99. The van der Waals surface area contributed by atoms with Gasteiger partial charge < -0.3 is 14.7 Å². The summed E-state index contributed by atoms with van der Waals surface area (Å²) in [5.74, 6) is -0.447. The summed E-state index contributed by atoms with van der Waals surface area (Å²) in [6.07, 6.45) is -1.68. The van der Waals surface area contributed by atoms with Crippen LogP contribution >= 0.6 is 0 Å². The molecule has 0 unspecified atom stereocenters. The molecule has 0 aliphatic carbocycles. The first-order valence-corrected chi connectivity index (χ1v) is 3.74. The molecule has 70 valence electrons. The number of halogens is 1. The standard InChI is InChI=1S/C7H12FNO3/c1-12-6-3-9(2-5(6)8)7(11)4-10/h5-6,10H,2-4H2,1H3/t5-,6+/m1/s1. The summed E-state index contributed by atoms with van der Waals surface area (Å²) in [7, 11) is 1.41. The quantitative estimate of drug-likeness (QED) is 0.599. The van der Waals surface area contributed by atoms with E-state index in [0.29, 0.717) is 0 Å². The Bertz CT molecular complexity index is 176. The van der Waals surface area contributed by atoms with Crippen LogP contribution in [0.4, 0.5) is 4.39 Å². The number of aliphatic hydroxyl groups excluding tert-OH is 1. The molecule has 1 N–H and O–H groups in total. The van der Waals surface area contributed by atoms with E-state index in [0.717, 1.165) is 0 Å². The van der Waals surface area contributed by atoms with E-state index in [1.165, 1.54) is 12.0 Å². The second-order valence-corrected chi connectivity index (χ2v) is 2.75. The summed E-state index contributed by atoms with van der Waals surface area (Å²) >= 11 is 0. The van der Waals surface area contributed by atoms with Crippen molar-refractivity contribution >= 4 is 5.91 Å². The van der Waals surface area contributed by atoms with E-state index in [-0.39, 0.29) is 13.1 Å². The molecule has 1 amide bonds. The van der Waals surface area contributed by atoms with Gasteiger partial charge in [0.1, 0.15) is 18.9 Å². The highest BCUT2D eigenvalue weighted by atomic mass is 19.1. The highest BCUT2D eigenvalue weighted by molar-refractivity contribution is 5.77. The zero-order valence-electron chi connectivity index (χ0n) is 6.86. The van der Waals surface area contributed by atoms with E-state index in [9.17, 15) is 9.18 Å². The molecule has 1 aliphatic heterocycles. The number of hydrogen-bond acceptors (Lipinski definition) is 3. The van der Waals surface area contributed by atoms with E-state index in [2.05, 4.69) is 0 Å². The number of nitrogens with zero attached hydrogens (tertiary/aromatic N) is 1. The molecule has 1 fully saturated rings. The van der Waals surface area contributed by atoms with Crippen molar-refractivity contribution in [1.82, 2.24) is 4.90 Å². The molecular formula is C7H12FNO3. The van der Waals surface area contributed by atoms with Crippen LogP contribution in [0.1, 0.15) is 0 Å². The number of likely N-dealkylation sites (tertiary alicyclic amines) is 1. The van der Waals surface area contributed by atoms with Crippen molar-refractivity contribution in [2.24, 2.45) is 0 Å². The molecule has 0 spiro atoms. The number of ether oxygens (including phenoxy) is 1. The lowest BCUT2D eigenvalue weighted by Crippen LogP contribution is -2.32. The second kappa shape index (κ2) is 3.82. The molecule has 0 radical (unpaired) electrons. The molecule has 12 heavy (non-hydrogen) atoms. The minimum absolute atomic E-state index is 0.0257. The summed E-state index contributed by atoms with van der Waals surface area (Å²) in [5, 5.41) is 8.49. The average Bonchev–Trinajstić information content (AvgIpc) is 2.45. The van der Waals surface area contributed by atoms with Crippen LogP contribution in [0.15, 0.2) is 0 Å². The van der Waals surface area contributed by atoms with Crippen molar-refractivity contribution in [3.63, 3.8) is 0 Å². The summed E-state index contributed by atoms with van der Waals surface area (Å²) in [6, 6.07) is 0. The zero-order valence-corrected chi connectivity index (χ0v) is 6.86. The lowest BCUT2D eigenvalue weighted by Gasteiger charge is -2.13. The number of aliphatic hydroxyl groups is 1. The van der Waals surface area contributed by atoms with Gasteiger partial charge in [-0.2, -0.15) is 0 Å². The molecule has 4 nitrogen and oxygen atoms in total. The van der Waals surface area contributed by atoms with Gasteiger partial charge in [0.25, 0.3) is 0 Å². The highest BCUT2D eigenvalue weighted by Gasteiger charge is 2.34. The first-order valence-electron chi connectivity index (χ1n) is 3.74. The molecule has 5 heteroatoms. The number of alkyl halides is 1. The fourth-order valence-corrected chi connectivity index (χ4v) is 1.26. The molecule has 0 aromatic carbocycles. The summed E-state index contributed by atoms with van der Waals surface area (Å²) in [5.41, 5.74) is 0. The number of hydrogen-bond donors (Lipinski definition) is 1. The zero-order chi connectivity index (χ0) is 9.14. The van der Waals surface area contributed by atoms with Gasteiger partial charge in [0.15, 0.2) is 0 Å². The molecule has 0 aromatic rings. The highest BCUT2D eigenvalue weighted by Crippen LogP contribution is 2.15.